The van der Waals surface area contributed by atoms with Crippen molar-refractivity contribution in [2.24, 2.45) is 0 Å². The highest BCUT2D eigenvalue weighted by Crippen LogP contribution is 2.49. The smallest absolute Gasteiger partial charge is 0.474 e. The number of aliphatic carboxylic acids is 1. The van der Waals surface area contributed by atoms with E-state index in [-0.39, 0.29) is 25.6 Å². The average molecular weight is 415 g/mol. The molecule has 11 heteroatoms. The summed E-state index contributed by atoms with van der Waals surface area (Å²) in [5.74, 6) is -0.418. The molecular formula is C15H30NO8PS. The van der Waals surface area contributed by atoms with Crippen molar-refractivity contribution in [3.05, 3.63) is 0 Å². The van der Waals surface area contributed by atoms with Gasteiger partial charge in [-0.3, -0.25) is 13.6 Å². The third kappa shape index (κ3) is 12.5. The van der Waals surface area contributed by atoms with Gasteiger partial charge in [-0.05, 0) is 46.8 Å². The summed E-state index contributed by atoms with van der Waals surface area (Å²) in [7, 11) is -3.52. The fraction of sp³-hybridized carbons (Fsp3) is 0.867. The first-order chi connectivity index (χ1) is 12.0. The maximum Gasteiger partial charge on any atom is 0.474 e. The van der Waals surface area contributed by atoms with E-state index in [4.69, 9.17) is 23.4 Å². The Balaban J connectivity index is 4.16. The molecule has 0 aliphatic heterocycles. The molecule has 0 aliphatic rings. The minimum atomic E-state index is -3.52. The summed E-state index contributed by atoms with van der Waals surface area (Å²) in [6.07, 6.45) is -0.253. The molecule has 0 rings (SSSR count). The zero-order valence-corrected chi connectivity index (χ0v) is 17.7. The van der Waals surface area contributed by atoms with Gasteiger partial charge in [0.25, 0.3) is 0 Å². The molecule has 26 heavy (non-hydrogen) atoms. The molecule has 154 valence electrons. The highest BCUT2D eigenvalue weighted by atomic mass is 32.2. The van der Waals surface area contributed by atoms with Crippen molar-refractivity contribution >= 4 is 31.6 Å². The number of carbonyl (C=O) groups is 2. The molecule has 0 aromatic heterocycles. The molecule has 1 unspecified atom stereocenters. The molecule has 0 aromatic carbocycles. The van der Waals surface area contributed by atoms with Crippen molar-refractivity contribution in [3.63, 3.8) is 0 Å². The van der Waals surface area contributed by atoms with Crippen LogP contribution in [0.25, 0.3) is 0 Å². The Morgan fingerprint density at radius 1 is 1.15 bits per heavy atom. The third-order valence-electron chi connectivity index (χ3n) is 2.53. The van der Waals surface area contributed by atoms with Crippen LogP contribution in [0, 0.1) is 0 Å². The van der Waals surface area contributed by atoms with E-state index in [1.165, 1.54) is 11.8 Å². The van der Waals surface area contributed by atoms with Crippen molar-refractivity contribution in [2.45, 2.75) is 52.7 Å². The second-order valence-corrected chi connectivity index (χ2v) is 8.90. The van der Waals surface area contributed by atoms with E-state index in [1.807, 2.05) is 0 Å². The van der Waals surface area contributed by atoms with E-state index >= 15 is 0 Å². The lowest BCUT2D eigenvalue weighted by Gasteiger charge is -2.21. The van der Waals surface area contributed by atoms with E-state index in [0.29, 0.717) is 12.2 Å². The second-order valence-electron chi connectivity index (χ2n) is 6.08. The normalized spacial score (nSPS) is 13.3. The molecule has 9 nitrogen and oxygen atoms in total. The predicted molar refractivity (Wildman–Crippen MR) is 99.5 cm³/mol. The second kappa shape index (κ2) is 12.6. The van der Waals surface area contributed by atoms with Crippen molar-refractivity contribution in [3.8, 4) is 0 Å². The number of carboxylic acid groups (broad SMARTS) is 1. The number of nitrogens with one attached hydrogen (secondary N) is 1. The molecule has 1 atom stereocenters. The number of rotatable bonds is 13. The molecule has 0 radical (unpaired) electrons. The quantitative estimate of drug-likeness (QED) is 0.345. The minimum Gasteiger partial charge on any atom is -0.480 e. The minimum absolute atomic E-state index is 0.154. The van der Waals surface area contributed by atoms with Crippen LogP contribution in [-0.2, 0) is 27.7 Å². The van der Waals surface area contributed by atoms with E-state index in [0.717, 1.165) is 0 Å². The highest BCUT2D eigenvalue weighted by Gasteiger charge is 2.25. The van der Waals surface area contributed by atoms with Gasteiger partial charge in [0.1, 0.15) is 11.6 Å². The molecule has 0 bridgehead atoms. The molecule has 0 spiro atoms. The molecule has 2 N–H and O–H groups in total. The van der Waals surface area contributed by atoms with Gasteiger partial charge in [-0.25, -0.2) is 14.2 Å². The summed E-state index contributed by atoms with van der Waals surface area (Å²) in [5.41, 5.74) is -0.702. The van der Waals surface area contributed by atoms with Crippen LogP contribution < -0.4 is 5.32 Å². The average Bonchev–Trinajstić information content (AvgIpc) is 2.47. The number of thioether (sulfide) groups is 1. The Hall–Kier alpha value is -0.800. The summed E-state index contributed by atoms with van der Waals surface area (Å²) in [4.78, 5) is 22.9. The van der Waals surface area contributed by atoms with Crippen LogP contribution in [0.15, 0.2) is 0 Å². The van der Waals surface area contributed by atoms with Gasteiger partial charge in [0.05, 0.1) is 19.8 Å². The first kappa shape index (κ1) is 25.2. The lowest BCUT2D eigenvalue weighted by atomic mass is 10.2. The Morgan fingerprint density at radius 3 is 2.19 bits per heavy atom. The van der Waals surface area contributed by atoms with E-state index in [2.05, 4.69) is 5.32 Å². The number of phosphoric acid groups is 1. The zero-order chi connectivity index (χ0) is 20.2. The number of carboxylic acids is 1. The number of hydrogen-bond acceptors (Lipinski definition) is 8. The molecule has 0 aliphatic carbocycles. The fourth-order valence-electron chi connectivity index (χ4n) is 1.59. The van der Waals surface area contributed by atoms with Crippen molar-refractivity contribution in [1.82, 2.24) is 5.32 Å². The van der Waals surface area contributed by atoms with Gasteiger partial charge >= 0.3 is 19.9 Å². The third-order valence-corrected chi connectivity index (χ3v) is 5.32. The van der Waals surface area contributed by atoms with Crippen LogP contribution in [0.2, 0.25) is 0 Å². The molecule has 0 fully saturated rings. The van der Waals surface area contributed by atoms with Gasteiger partial charge < -0.3 is 15.2 Å². The summed E-state index contributed by atoms with van der Waals surface area (Å²) in [6.45, 7) is 9.04. The van der Waals surface area contributed by atoms with E-state index < -0.39 is 31.5 Å². The summed E-state index contributed by atoms with van der Waals surface area (Å²) in [5, 5.41) is 11.5. The van der Waals surface area contributed by atoms with E-state index in [1.54, 1.807) is 34.6 Å². The predicted octanol–water partition coefficient (Wildman–Crippen LogP) is 3.29. The number of phosphoric ester groups is 1. The molecule has 0 saturated heterocycles. The first-order valence-corrected chi connectivity index (χ1v) is 11.0. The standard InChI is InChI=1S/C15H30NO8PS/c1-6-21-25(20,22-7-2)23-9-8-10-26-11-12(13(17)18)16-14(19)24-15(3,4)5/h12H,6-11H2,1-5H3,(H,16,19)(H,17,18). The number of amides is 1. The van der Waals surface area contributed by atoms with E-state index in [9.17, 15) is 14.2 Å². The SMILES string of the molecule is CCOP(=O)(OCC)OCCCSCC(NC(=O)OC(C)(C)C)C(=O)O. The molecule has 0 heterocycles. The van der Waals surface area contributed by atoms with Crippen LogP contribution in [0.3, 0.4) is 0 Å². The van der Waals surface area contributed by atoms with Crippen LogP contribution in [-0.4, -0.2) is 60.1 Å². The van der Waals surface area contributed by atoms with Gasteiger partial charge in [-0.15, -0.1) is 0 Å². The lowest BCUT2D eigenvalue weighted by Crippen LogP contribution is -2.45. The van der Waals surface area contributed by atoms with Crippen LogP contribution >= 0.6 is 19.6 Å². The summed E-state index contributed by atoms with van der Waals surface area (Å²) in [6, 6.07) is -1.06. The van der Waals surface area contributed by atoms with Crippen LogP contribution in [0.4, 0.5) is 4.79 Å². The molecule has 1 amide bonds. The fourth-order valence-corrected chi connectivity index (χ4v) is 3.75. The van der Waals surface area contributed by atoms with Gasteiger partial charge in [-0.1, -0.05) is 0 Å². The van der Waals surface area contributed by atoms with Crippen LogP contribution in [0.5, 0.6) is 0 Å². The first-order valence-electron chi connectivity index (χ1n) is 8.36. The Bertz CT molecular complexity index is 473. The number of carbonyl (C=O) groups excluding carboxylic acids is 1. The summed E-state index contributed by atoms with van der Waals surface area (Å²) < 4.78 is 32.3. The van der Waals surface area contributed by atoms with Crippen LogP contribution in [0.1, 0.15) is 41.0 Å². The molecule has 0 aromatic rings. The van der Waals surface area contributed by atoms with Gasteiger partial charge in [0.15, 0.2) is 0 Å². The highest BCUT2D eigenvalue weighted by molar-refractivity contribution is 7.99. The van der Waals surface area contributed by atoms with Gasteiger partial charge in [0.2, 0.25) is 0 Å². The lowest BCUT2D eigenvalue weighted by molar-refractivity contribution is -0.138. The van der Waals surface area contributed by atoms with Gasteiger partial charge in [-0.2, -0.15) is 11.8 Å². The molecular weight excluding hydrogens is 385 g/mol. The topological polar surface area (TPSA) is 120 Å². The van der Waals surface area contributed by atoms with Gasteiger partial charge in [0, 0.05) is 5.75 Å². The number of ether oxygens (including phenoxy) is 1. The maximum atomic E-state index is 12.1. The maximum absolute atomic E-state index is 12.1. The van der Waals surface area contributed by atoms with Crippen molar-refractivity contribution in [2.75, 3.05) is 31.3 Å². The Labute approximate surface area is 159 Å². The van der Waals surface area contributed by atoms with Crippen molar-refractivity contribution in [1.29, 1.82) is 0 Å². The zero-order valence-electron chi connectivity index (χ0n) is 16.0. The molecule has 0 saturated carbocycles. The number of hydrogen-bond donors (Lipinski definition) is 2. The Morgan fingerprint density at radius 2 is 1.73 bits per heavy atom. The summed E-state index contributed by atoms with van der Waals surface area (Å²) >= 11 is 1.32. The Kier molecular flexibility index (Phi) is 12.2. The number of alkyl carbamates (subject to hydrolysis) is 1. The monoisotopic (exact) mass is 415 g/mol. The largest absolute Gasteiger partial charge is 0.480 e. The van der Waals surface area contributed by atoms with Crippen molar-refractivity contribution < 1.29 is 37.6 Å².